The summed E-state index contributed by atoms with van der Waals surface area (Å²) in [7, 11) is 4.04. The fraction of sp³-hybridized carbons (Fsp3) is 0.867. The standard InChI is InChI=1S/C15H29N5/c1-5-15(2,20-9-7-6-8-10-20)13(16-3)11-14-17-12-18-19(14)4/h12-13,16H,5-11H2,1-4H3. The maximum absolute atomic E-state index is 4.39. The molecule has 2 unspecified atom stereocenters. The van der Waals surface area contributed by atoms with E-state index in [4.69, 9.17) is 0 Å². The molecular weight excluding hydrogens is 250 g/mol. The maximum atomic E-state index is 4.39. The van der Waals surface area contributed by atoms with Crippen LogP contribution in [0.15, 0.2) is 6.33 Å². The lowest BCUT2D eigenvalue weighted by Crippen LogP contribution is -2.60. The molecule has 5 nitrogen and oxygen atoms in total. The highest BCUT2D eigenvalue weighted by atomic mass is 15.3. The van der Waals surface area contributed by atoms with Gasteiger partial charge in [-0.15, -0.1) is 0 Å². The summed E-state index contributed by atoms with van der Waals surface area (Å²) in [6.45, 7) is 7.15. The van der Waals surface area contributed by atoms with Gasteiger partial charge in [0.15, 0.2) is 0 Å². The number of hydrogen-bond donors (Lipinski definition) is 1. The number of likely N-dealkylation sites (tertiary alicyclic amines) is 1. The number of piperidine rings is 1. The molecule has 1 aromatic rings. The zero-order chi connectivity index (χ0) is 14.6. The largest absolute Gasteiger partial charge is 0.315 e. The summed E-state index contributed by atoms with van der Waals surface area (Å²) in [4.78, 5) is 7.06. The Labute approximate surface area is 122 Å². The first-order chi connectivity index (χ1) is 9.61. The average molecular weight is 279 g/mol. The van der Waals surface area contributed by atoms with Gasteiger partial charge in [-0.2, -0.15) is 5.10 Å². The van der Waals surface area contributed by atoms with E-state index >= 15 is 0 Å². The van der Waals surface area contributed by atoms with Gasteiger partial charge in [0, 0.05) is 25.0 Å². The van der Waals surface area contributed by atoms with Gasteiger partial charge in [0.25, 0.3) is 0 Å². The van der Waals surface area contributed by atoms with E-state index in [1.807, 2.05) is 11.7 Å². The van der Waals surface area contributed by atoms with Gasteiger partial charge in [-0.05, 0) is 46.3 Å². The Morgan fingerprint density at radius 2 is 2.05 bits per heavy atom. The van der Waals surface area contributed by atoms with Gasteiger partial charge in [0.2, 0.25) is 0 Å². The third-order valence-electron chi connectivity index (χ3n) is 5.09. The van der Waals surface area contributed by atoms with Crippen LogP contribution in [0.2, 0.25) is 0 Å². The van der Waals surface area contributed by atoms with Gasteiger partial charge < -0.3 is 5.32 Å². The van der Waals surface area contributed by atoms with E-state index in [0.29, 0.717) is 6.04 Å². The summed E-state index contributed by atoms with van der Waals surface area (Å²) in [5.74, 6) is 1.06. The first kappa shape index (κ1) is 15.4. The molecule has 1 N–H and O–H groups in total. The van der Waals surface area contributed by atoms with Crippen molar-refractivity contribution in [3.8, 4) is 0 Å². The van der Waals surface area contributed by atoms with E-state index < -0.39 is 0 Å². The van der Waals surface area contributed by atoms with Crippen LogP contribution in [0.3, 0.4) is 0 Å². The van der Waals surface area contributed by atoms with Crippen LogP contribution in [0.4, 0.5) is 0 Å². The van der Waals surface area contributed by atoms with Crippen molar-refractivity contribution >= 4 is 0 Å². The van der Waals surface area contributed by atoms with Crippen LogP contribution in [-0.4, -0.2) is 51.4 Å². The fourth-order valence-corrected chi connectivity index (χ4v) is 3.42. The molecule has 20 heavy (non-hydrogen) atoms. The number of rotatable bonds is 6. The van der Waals surface area contributed by atoms with Gasteiger partial charge in [-0.3, -0.25) is 9.58 Å². The molecule has 1 aliphatic rings. The highest BCUT2D eigenvalue weighted by molar-refractivity contribution is 5.02. The number of aromatic nitrogens is 3. The Kier molecular flexibility index (Phi) is 5.16. The van der Waals surface area contributed by atoms with Crippen LogP contribution in [0, 0.1) is 0 Å². The number of nitrogens with zero attached hydrogens (tertiary/aromatic N) is 4. The zero-order valence-electron chi connectivity index (χ0n) is 13.4. The van der Waals surface area contributed by atoms with E-state index in [9.17, 15) is 0 Å². The Morgan fingerprint density at radius 1 is 1.35 bits per heavy atom. The van der Waals surface area contributed by atoms with E-state index in [1.165, 1.54) is 32.4 Å². The number of aryl methyl sites for hydroxylation is 1. The molecule has 0 amide bonds. The number of hydrogen-bond acceptors (Lipinski definition) is 4. The predicted molar refractivity (Wildman–Crippen MR) is 81.7 cm³/mol. The normalized spacial score (nSPS) is 21.6. The minimum Gasteiger partial charge on any atom is -0.315 e. The second-order valence-electron chi connectivity index (χ2n) is 6.10. The van der Waals surface area contributed by atoms with Gasteiger partial charge in [-0.25, -0.2) is 4.98 Å². The average Bonchev–Trinajstić information content (AvgIpc) is 2.90. The summed E-state index contributed by atoms with van der Waals surface area (Å²) >= 11 is 0. The van der Waals surface area contributed by atoms with Crippen molar-refractivity contribution in [1.29, 1.82) is 0 Å². The van der Waals surface area contributed by atoms with Crippen LogP contribution in [-0.2, 0) is 13.5 Å². The second-order valence-corrected chi connectivity index (χ2v) is 6.10. The van der Waals surface area contributed by atoms with Gasteiger partial charge >= 0.3 is 0 Å². The minimum absolute atomic E-state index is 0.182. The zero-order valence-corrected chi connectivity index (χ0v) is 13.4. The molecule has 1 aliphatic heterocycles. The molecule has 0 aromatic carbocycles. The van der Waals surface area contributed by atoms with E-state index in [1.54, 1.807) is 6.33 Å². The van der Waals surface area contributed by atoms with E-state index in [-0.39, 0.29) is 5.54 Å². The molecule has 0 radical (unpaired) electrons. The third kappa shape index (κ3) is 3.04. The quantitative estimate of drug-likeness (QED) is 0.859. The van der Waals surface area contributed by atoms with Gasteiger partial charge in [-0.1, -0.05) is 13.3 Å². The van der Waals surface area contributed by atoms with Gasteiger partial charge in [0.1, 0.15) is 12.2 Å². The van der Waals surface area contributed by atoms with Crippen LogP contribution in [0.1, 0.15) is 45.4 Å². The second kappa shape index (κ2) is 6.68. The Morgan fingerprint density at radius 3 is 2.55 bits per heavy atom. The molecule has 0 aliphatic carbocycles. The lowest BCUT2D eigenvalue weighted by Gasteiger charge is -2.48. The van der Waals surface area contributed by atoms with Crippen molar-refractivity contribution < 1.29 is 0 Å². The Hall–Kier alpha value is -0.940. The molecule has 114 valence electrons. The smallest absolute Gasteiger partial charge is 0.138 e. The van der Waals surface area contributed by atoms with Crippen molar-refractivity contribution in [3.05, 3.63) is 12.2 Å². The molecule has 1 aromatic heterocycles. The van der Waals surface area contributed by atoms with Crippen molar-refractivity contribution in [3.63, 3.8) is 0 Å². The monoisotopic (exact) mass is 279 g/mol. The van der Waals surface area contributed by atoms with Crippen LogP contribution < -0.4 is 5.32 Å². The highest BCUT2D eigenvalue weighted by Gasteiger charge is 2.38. The maximum Gasteiger partial charge on any atom is 0.138 e. The highest BCUT2D eigenvalue weighted by Crippen LogP contribution is 2.28. The summed E-state index contributed by atoms with van der Waals surface area (Å²) in [5, 5.41) is 7.72. The summed E-state index contributed by atoms with van der Waals surface area (Å²) in [5.41, 5.74) is 0.182. The van der Waals surface area contributed by atoms with E-state index in [2.05, 4.69) is 41.2 Å². The molecule has 2 rings (SSSR count). The summed E-state index contributed by atoms with van der Waals surface area (Å²) in [6, 6.07) is 0.397. The number of likely N-dealkylation sites (N-methyl/N-ethyl adjacent to an activating group) is 1. The van der Waals surface area contributed by atoms with Crippen LogP contribution in [0.5, 0.6) is 0 Å². The van der Waals surface area contributed by atoms with Gasteiger partial charge in [0.05, 0.1) is 0 Å². The molecule has 0 spiro atoms. The molecule has 2 atom stereocenters. The summed E-state index contributed by atoms with van der Waals surface area (Å²) < 4.78 is 1.89. The fourth-order valence-electron chi connectivity index (χ4n) is 3.42. The van der Waals surface area contributed by atoms with Crippen molar-refractivity contribution in [1.82, 2.24) is 25.0 Å². The number of nitrogens with one attached hydrogen (secondary N) is 1. The first-order valence-corrected chi connectivity index (χ1v) is 7.87. The first-order valence-electron chi connectivity index (χ1n) is 7.87. The molecule has 5 heteroatoms. The lowest BCUT2D eigenvalue weighted by atomic mass is 9.83. The molecule has 0 bridgehead atoms. The van der Waals surface area contributed by atoms with Crippen molar-refractivity contribution in [2.75, 3.05) is 20.1 Å². The molecular formula is C15H29N5. The van der Waals surface area contributed by atoms with Crippen molar-refractivity contribution in [2.45, 2.75) is 57.5 Å². The Balaban J connectivity index is 2.15. The Bertz CT molecular complexity index is 410. The van der Waals surface area contributed by atoms with Crippen molar-refractivity contribution in [2.24, 2.45) is 7.05 Å². The molecule has 2 heterocycles. The predicted octanol–water partition coefficient (Wildman–Crippen LogP) is 1.60. The van der Waals surface area contributed by atoms with E-state index in [0.717, 1.165) is 18.7 Å². The molecule has 1 fully saturated rings. The third-order valence-corrected chi connectivity index (χ3v) is 5.09. The topological polar surface area (TPSA) is 46.0 Å². The summed E-state index contributed by atoms with van der Waals surface area (Å²) in [6.07, 6.45) is 7.76. The molecule has 0 saturated carbocycles. The van der Waals surface area contributed by atoms with Crippen LogP contribution in [0.25, 0.3) is 0 Å². The molecule has 1 saturated heterocycles. The minimum atomic E-state index is 0.182. The SMILES string of the molecule is CCC(C)(C(Cc1ncnn1C)NC)N1CCCCC1. The lowest BCUT2D eigenvalue weighted by molar-refractivity contribution is 0.0444. The van der Waals surface area contributed by atoms with Crippen LogP contribution >= 0.6 is 0 Å².